The molecule has 0 saturated carbocycles. The normalized spacial score (nSPS) is 11.9. The van der Waals surface area contributed by atoms with Crippen LogP contribution in [0, 0.1) is 0 Å². The molecule has 0 fully saturated rings. The van der Waals surface area contributed by atoms with Gasteiger partial charge in [0.15, 0.2) is 0 Å². The van der Waals surface area contributed by atoms with Gasteiger partial charge in [-0.25, -0.2) is 4.98 Å². The smallest absolute Gasteiger partial charge is 0.0931 e. The number of nitrogens with one attached hydrogen (secondary N) is 2. The third-order valence-electron chi connectivity index (χ3n) is 1.94. The Balaban J connectivity index is 2.35. The van der Waals surface area contributed by atoms with Crippen molar-refractivity contribution < 1.29 is 0 Å². The van der Waals surface area contributed by atoms with Crippen LogP contribution in [0.3, 0.4) is 0 Å². The molecule has 2 N–H and O–H groups in total. The number of benzene rings is 1. The molecule has 0 aliphatic heterocycles. The molecular weight excluding hydrogens is 174 g/mol. The summed E-state index contributed by atoms with van der Waals surface area (Å²) in [7, 11) is 0. The van der Waals surface area contributed by atoms with Gasteiger partial charge in [-0.3, -0.25) is 0 Å². The summed E-state index contributed by atoms with van der Waals surface area (Å²) in [5, 5.41) is 3.42. The van der Waals surface area contributed by atoms with Crippen molar-refractivity contribution in [2.75, 3.05) is 5.32 Å². The molecule has 74 valence electrons. The van der Waals surface area contributed by atoms with Crippen molar-refractivity contribution in [3.63, 3.8) is 0 Å². The van der Waals surface area contributed by atoms with Crippen LogP contribution in [0.1, 0.15) is 20.8 Å². The third kappa shape index (κ3) is 1.87. The molecule has 0 unspecified atom stereocenters. The van der Waals surface area contributed by atoms with E-state index in [1.807, 2.05) is 6.07 Å². The quantitative estimate of drug-likeness (QED) is 0.724. The van der Waals surface area contributed by atoms with E-state index in [0.29, 0.717) is 0 Å². The van der Waals surface area contributed by atoms with Crippen molar-refractivity contribution in [3.05, 3.63) is 24.5 Å². The minimum absolute atomic E-state index is 0.0910. The molecular formula is C11H15N3. The molecule has 0 spiro atoms. The fourth-order valence-corrected chi connectivity index (χ4v) is 1.45. The maximum Gasteiger partial charge on any atom is 0.0931 e. The second-order valence-electron chi connectivity index (χ2n) is 4.51. The highest BCUT2D eigenvalue weighted by atomic mass is 15.0. The Morgan fingerprint density at radius 1 is 1.29 bits per heavy atom. The van der Waals surface area contributed by atoms with Gasteiger partial charge in [-0.15, -0.1) is 0 Å². The second kappa shape index (κ2) is 3.01. The first-order valence-corrected chi connectivity index (χ1v) is 4.76. The zero-order chi connectivity index (χ0) is 10.2. The maximum absolute atomic E-state index is 4.17. The number of imidazole rings is 1. The van der Waals surface area contributed by atoms with E-state index in [0.717, 1.165) is 16.7 Å². The highest BCUT2D eigenvalue weighted by Crippen LogP contribution is 2.18. The van der Waals surface area contributed by atoms with Crippen LogP contribution in [0.25, 0.3) is 11.0 Å². The van der Waals surface area contributed by atoms with Gasteiger partial charge >= 0.3 is 0 Å². The molecule has 1 aromatic heterocycles. The summed E-state index contributed by atoms with van der Waals surface area (Å²) < 4.78 is 0. The van der Waals surface area contributed by atoms with E-state index in [1.54, 1.807) is 6.33 Å². The van der Waals surface area contributed by atoms with Crippen molar-refractivity contribution in [1.82, 2.24) is 9.97 Å². The van der Waals surface area contributed by atoms with Crippen LogP contribution in [0.5, 0.6) is 0 Å². The Kier molecular flexibility index (Phi) is 1.95. The highest BCUT2D eigenvalue weighted by molar-refractivity contribution is 5.78. The standard InChI is InChI=1S/C11H15N3/c1-11(2,3)14-8-4-5-9-10(6-8)13-7-12-9/h4-7,14H,1-3H3,(H,12,13). The van der Waals surface area contributed by atoms with Gasteiger partial charge in [0.25, 0.3) is 0 Å². The predicted molar refractivity (Wildman–Crippen MR) is 59.5 cm³/mol. The van der Waals surface area contributed by atoms with E-state index < -0.39 is 0 Å². The molecule has 1 aromatic carbocycles. The number of nitrogens with zero attached hydrogens (tertiary/aromatic N) is 1. The molecule has 0 atom stereocenters. The lowest BCUT2D eigenvalue weighted by atomic mass is 10.1. The number of anilines is 1. The lowest BCUT2D eigenvalue weighted by Gasteiger charge is -2.21. The fraction of sp³-hybridized carbons (Fsp3) is 0.364. The van der Waals surface area contributed by atoms with Crippen LogP contribution < -0.4 is 5.32 Å². The summed E-state index contributed by atoms with van der Waals surface area (Å²) in [6.45, 7) is 6.43. The van der Waals surface area contributed by atoms with Crippen LogP contribution in [0.4, 0.5) is 5.69 Å². The number of rotatable bonds is 1. The molecule has 3 nitrogen and oxygen atoms in total. The van der Waals surface area contributed by atoms with Gasteiger partial charge in [-0.1, -0.05) is 0 Å². The Bertz CT molecular complexity index is 437. The van der Waals surface area contributed by atoms with E-state index >= 15 is 0 Å². The Labute approximate surface area is 83.6 Å². The van der Waals surface area contributed by atoms with Crippen LogP contribution in [0.2, 0.25) is 0 Å². The molecule has 1 heterocycles. The number of fused-ring (bicyclic) bond motifs is 1. The molecule has 0 radical (unpaired) electrons. The Hall–Kier alpha value is -1.51. The first-order valence-electron chi connectivity index (χ1n) is 4.76. The second-order valence-corrected chi connectivity index (χ2v) is 4.51. The summed E-state index contributed by atoms with van der Waals surface area (Å²) in [5.41, 5.74) is 3.28. The largest absolute Gasteiger partial charge is 0.380 e. The highest BCUT2D eigenvalue weighted by Gasteiger charge is 2.09. The minimum atomic E-state index is 0.0910. The maximum atomic E-state index is 4.17. The number of aromatic amines is 1. The first kappa shape index (κ1) is 9.06. The predicted octanol–water partition coefficient (Wildman–Crippen LogP) is 2.77. The number of H-pyrrole nitrogens is 1. The molecule has 2 aromatic rings. The first-order chi connectivity index (χ1) is 6.54. The topological polar surface area (TPSA) is 40.7 Å². The van der Waals surface area contributed by atoms with Gasteiger partial charge in [0.05, 0.1) is 17.4 Å². The van der Waals surface area contributed by atoms with Crippen LogP contribution in [-0.4, -0.2) is 15.5 Å². The van der Waals surface area contributed by atoms with Crippen molar-refractivity contribution in [2.24, 2.45) is 0 Å². The summed E-state index contributed by atoms with van der Waals surface area (Å²) in [5.74, 6) is 0. The molecule has 0 amide bonds. The molecule has 2 rings (SSSR count). The average Bonchev–Trinajstić information content (AvgIpc) is 2.47. The fourth-order valence-electron chi connectivity index (χ4n) is 1.45. The number of aromatic nitrogens is 2. The zero-order valence-electron chi connectivity index (χ0n) is 8.76. The lowest BCUT2D eigenvalue weighted by Crippen LogP contribution is -2.25. The van der Waals surface area contributed by atoms with E-state index in [1.165, 1.54) is 0 Å². The summed E-state index contributed by atoms with van der Waals surface area (Å²) >= 11 is 0. The molecule has 14 heavy (non-hydrogen) atoms. The lowest BCUT2D eigenvalue weighted by molar-refractivity contribution is 0.634. The molecule has 0 bridgehead atoms. The van der Waals surface area contributed by atoms with E-state index in [2.05, 4.69) is 48.2 Å². The van der Waals surface area contributed by atoms with Crippen LogP contribution >= 0.6 is 0 Å². The van der Waals surface area contributed by atoms with Gasteiger partial charge in [0.1, 0.15) is 0 Å². The third-order valence-corrected chi connectivity index (χ3v) is 1.94. The summed E-state index contributed by atoms with van der Waals surface area (Å²) in [6, 6.07) is 6.14. The van der Waals surface area contributed by atoms with Gasteiger partial charge in [0.2, 0.25) is 0 Å². The van der Waals surface area contributed by atoms with Gasteiger partial charge in [0, 0.05) is 11.2 Å². The van der Waals surface area contributed by atoms with E-state index in [9.17, 15) is 0 Å². The molecule has 0 aliphatic carbocycles. The average molecular weight is 189 g/mol. The molecule has 0 saturated heterocycles. The Morgan fingerprint density at radius 3 is 2.79 bits per heavy atom. The van der Waals surface area contributed by atoms with Crippen molar-refractivity contribution in [3.8, 4) is 0 Å². The van der Waals surface area contributed by atoms with Crippen molar-refractivity contribution >= 4 is 16.7 Å². The Morgan fingerprint density at radius 2 is 2.07 bits per heavy atom. The molecule has 0 aliphatic rings. The van der Waals surface area contributed by atoms with Crippen molar-refractivity contribution in [1.29, 1.82) is 0 Å². The van der Waals surface area contributed by atoms with E-state index in [-0.39, 0.29) is 5.54 Å². The minimum Gasteiger partial charge on any atom is -0.380 e. The summed E-state index contributed by atoms with van der Waals surface area (Å²) in [4.78, 5) is 7.27. The monoisotopic (exact) mass is 189 g/mol. The van der Waals surface area contributed by atoms with Crippen LogP contribution in [0.15, 0.2) is 24.5 Å². The van der Waals surface area contributed by atoms with E-state index in [4.69, 9.17) is 0 Å². The number of hydrogen-bond acceptors (Lipinski definition) is 2. The number of hydrogen-bond donors (Lipinski definition) is 2. The van der Waals surface area contributed by atoms with Gasteiger partial charge in [-0.2, -0.15) is 0 Å². The van der Waals surface area contributed by atoms with Gasteiger partial charge in [-0.05, 0) is 39.0 Å². The van der Waals surface area contributed by atoms with Crippen LogP contribution in [-0.2, 0) is 0 Å². The summed E-state index contributed by atoms with van der Waals surface area (Å²) in [6.07, 6.45) is 1.71. The van der Waals surface area contributed by atoms with Gasteiger partial charge < -0.3 is 10.3 Å². The van der Waals surface area contributed by atoms with Crippen molar-refractivity contribution in [2.45, 2.75) is 26.3 Å². The zero-order valence-corrected chi connectivity index (χ0v) is 8.76. The molecule has 3 heteroatoms. The SMILES string of the molecule is CC(C)(C)Nc1ccc2nc[nH]c2c1.